The molecule has 0 radical (unpaired) electrons. The summed E-state index contributed by atoms with van der Waals surface area (Å²) >= 11 is 0. The maximum absolute atomic E-state index is 5.89. The van der Waals surface area contributed by atoms with Gasteiger partial charge in [-0.2, -0.15) is 0 Å². The van der Waals surface area contributed by atoms with Crippen LogP contribution in [0.3, 0.4) is 0 Å². The maximum Gasteiger partial charge on any atom is 0.191 e. The standard InChI is InChI=1S/C10H21N3/c1-3-12-10(11)13(4-2)9-7-5-6-8-9/h9H,3-8H2,1-2H3,(H2,11,12). The fraction of sp³-hybridized carbons (Fsp3) is 0.900. The summed E-state index contributed by atoms with van der Waals surface area (Å²) in [4.78, 5) is 6.51. The van der Waals surface area contributed by atoms with Gasteiger partial charge in [0.25, 0.3) is 0 Å². The molecule has 0 aliphatic heterocycles. The van der Waals surface area contributed by atoms with Gasteiger partial charge in [0.2, 0.25) is 0 Å². The largest absolute Gasteiger partial charge is 0.370 e. The zero-order valence-electron chi connectivity index (χ0n) is 8.79. The highest BCUT2D eigenvalue weighted by molar-refractivity contribution is 5.78. The average Bonchev–Trinajstić information content (AvgIpc) is 2.59. The number of guanidine groups is 1. The van der Waals surface area contributed by atoms with E-state index in [2.05, 4.69) is 16.8 Å². The molecule has 0 saturated heterocycles. The summed E-state index contributed by atoms with van der Waals surface area (Å²) in [7, 11) is 0. The van der Waals surface area contributed by atoms with Crippen molar-refractivity contribution in [3.05, 3.63) is 0 Å². The highest BCUT2D eigenvalue weighted by Gasteiger charge is 2.22. The molecule has 1 saturated carbocycles. The van der Waals surface area contributed by atoms with E-state index in [-0.39, 0.29) is 0 Å². The number of hydrogen-bond acceptors (Lipinski definition) is 1. The van der Waals surface area contributed by atoms with Crippen LogP contribution in [0.2, 0.25) is 0 Å². The van der Waals surface area contributed by atoms with Crippen molar-refractivity contribution in [3.63, 3.8) is 0 Å². The van der Waals surface area contributed by atoms with Crippen molar-refractivity contribution in [1.29, 1.82) is 0 Å². The molecule has 0 atom stereocenters. The smallest absolute Gasteiger partial charge is 0.191 e. The lowest BCUT2D eigenvalue weighted by molar-refractivity contribution is 0.324. The van der Waals surface area contributed by atoms with E-state index >= 15 is 0 Å². The van der Waals surface area contributed by atoms with Gasteiger partial charge in [0, 0.05) is 19.1 Å². The van der Waals surface area contributed by atoms with Gasteiger partial charge in [-0.25, -0.2) is 0 Å². The minimum absolute atomic E-state index is 0.653. The van der Waals surface area contributed by atoms with Crippen molar-refractivity contribution < 1.29 is 0 Å². The van der Waals surface area contributed by atoms with E-state index in [1.165, 1.54) is 25.7 Å². The SMILES string of the molecule is CCN=C(N)N(CC)C1CCCC1. The van der Waals surface area contributed by atoms with Gasteiger partial charge in [0.1, 0.15) is 0 Å². The van der Waals surface area contributed by atoms with E-state index in [1.807, 2.05) is 6.92 Å². The molecule has 1 rings (SSSR count). The Kier molecular flexibility index (Phi) is 4.06. The molecule has 13 heavy (non-hydrogen) atoms. The fourth-order valence-electron chi connectivity index (χ4n) is 2.08. The van der Waals surface area contributed by atoms with Crippen molar-refractivity contribution in [2.24, 2.45) is 10.7 Å². The van der Waals surface area contributed by atoms with E-state index in [0.717, 1.165) is 19.0 Å². The molecule has 1 aliphatic rings. The van der Waals surface area contributed by atoms with Crippen LogP contribution < -0.4 is 5.73 Å². The molecule has 0 aromatic heterocycles. The van der Waals surface area contributed by atoms with Gasteiger partial charge in [0.05, 0.1) is 0 Å². The van der Waals surface area contributed by atoms with E-state index in [4.69, 9.17) is 5.73 Å². The maximum atomic E-state index is 5.89. The molecule has 3 nitrogen and oxygen atoms in total. The van der Waals surface area contributed by atoms with Crippen LogP contribution in [-0.4, -0.2) is 30.0 Å². The van der Waals surface area contributed by atoms with E-state index in [1.54, 1.807) is 0 Å². The third-order valence-corrected chi connectivity index (χ3v) is 2.72. The third-order valence-electron chi connectivity index (χ3n) is 2.72. The Morgan fingerprint density at radius 2 is 2.00 bits per heavy atom. The normalized spacial score (nSPS) is 19.4. The zero-order valence-corrected chi connectivity index (χ0v) is 8.79. The first kappa shape index (κ1) is 10.4. The number of hydrogen-bond donors (Lipinski definition) is 1. The second-order valence-electron chi connectivity index (χ2n) is 3.56. The summed E-state index contributed by atoms with van der Waals surface area (Å²) in [5.41, 5.74) is 5.89. The Hall–Kier alpha value is -0.730. The summed E-state index contributed by atoms with van der Waals surface area (Å²) in [6.07, 6.45) is 5.27. The van der Waals surface area contributed by atoms with E-state index in [0.29, 0.717) is 6.04 Å². The van der Waals surface area contributed by atoms with Crippen molar-refractivity contribution in [3.8, 4) is 0 Å². The van der Waals surface area contributed by atoms with Gasteiger partial charge in [-0.3, -0.25) is 4.99 Å². The summed E-state index contributed by atoms with van der Waals surface area (Å²) < 4.78 is 0. The molecule has 0 heterocycles. The predicted octanol–water partition coefficient (Wildman–Crippen LogP) is 1.59. The highest BCUT2D eigenvalue weighted by atomic mass is 15.3. The molecule has 0 amide bonds. The fourth-order valence-corrected chi connectivity index (χ4v) is 2.08. The Morgan fingerprint density at radius 3 is 2.46 bits per heavy atom. The van der Waals surface area contributed by atoms with Crippen LogP contribution in [0.5, 0.6) is 0 Å². The predicted molar refractivity (Wildman–Crippen MR) is 56.8 cm³/mol. The minimum atomic E-state index is 0.653. The molecular weight excluding hydrogens is 162 g/mol. The highest BCUT2D eigenvalue weighted by Crippen LogP contribution is 2.22. The van der Waals surface area contributed by atoms with Crippen LogP contribution in [0.1, 0.15) is 39.5 Å². The molecule has 1 aliphatic carbocycles. The molecule has 0 aromatic rings. The Morgan fingerprint density at radius 1 is 1.38 bits per heavy atom. The molecular formula is C10H21N3. The van der Waals surface area contributed by atoms with E-state index in [9.17, 15) is 0 Å². The van der Waals surface area contributed by atoms with Crippen molar-refractivity contribution in [2.75, 3.05) is 13.1 Å². The summed E-state index contributed by atoms with van der Waals surface area (Å²) in [5, 5.41) is 0. The van der Waals surface area contributed by atoms with Gasteiger partial charge in [0.15, 0.2) is 5.96 Å². The minimum Gasteiger partial charge on any atom is -0.370 e. The lowest BCUT2D eigenvalue weighted by Crippen LogP contribution is -2.43. The zero-order chi connectivity index (χ0) is 9.68. The molecule has 1 fully saturated rings. The van der Waals surface area contributed by atoms with Crippen molar-refractivity contribution in [2.45, 2.75) is 45.6 Å². The summed E-state index contributed by atoms with van der Waals surface area (Å²) in [6, 6.07) is 0.653. The van der Waals surface area contributed by atoms with Crippen LogP contribution >= 0.6 is 0 Å². The lowest BCUT2D eigenvalue weighted by Gasteiger charge is -2.28. The van der Waals surface area contributed by atoms with E-state index < -0.39 is 0 Å². The van der Waals surface area contributed by atoms with Gasteiger partial charge in [-0.1, -0.05) is 12.8 Å². The molecule has 0 aromatic carbocycles. The third kappa shape index (κ3) is 2.61. The first-order valence-electron chi connectivity index (χ1n) is 5.36. The van der Waals surface area contributed by atoms with Gasteiger partial charge >= 0.3 is 0 Å². The molecule has 0 unspecified atom stereocenters. The number of nitrogens with two attached hydrogens (primary N) is 1. The average molecular weight is 183 g/mol. The molecule has 0 bridgehead atoms. The second kappa shape index (κ2) is 5.10. The molecule has 0 spiro atoms. The Balaban J connectivity index is 2.54. The lowest BCUT2D eigenvalue weighted by atomic mass is 10.2. The first-order chi connectivity index (χ1) is 6.29. The molecule has 76 valence electrons. The number of aliphatic imine (C=N–C) groups is 1. The van der Waals surface area contributed by atoms with Crippen molar-refractivity contribution >= 4 is 5.96 Å². The first-order valence-corrected chi connectivity index (χ1v) is 5.36. The van der Waals surface area contributed by atoms with Crippen LogP contribution in [0.4, 0.5) is 0 Å². The Bertz CT molecular complexity index is 171. The number of rotatable bonds is 3. The van der Waals surface area contributed by atoms with Crippen LogP contribution in [0, 0.1) is 0 Å². The molecule has 2 N–H and O–H groups in total. The van der Waals surface area contributed by atoms with Crippen LogP contribution in [0.15, 0.2) is 4.99 Å². The second-order valence-corrected chi connectivity index (χ2v) is 3.56. The van der Waals surface area contributed by atoms with Gasteiger partial charge in [-0.15, -0.1) is 0 Å². The van der Waals surface area contributed by atoms with Crippen LogP contribution in [0.25, 0.3) is 0 Å². The number of nitrogens with zero attached hydrogens (tertiary/aromatic N) is 2. The summed E-state index contributed by atoms with van der Waals surface area (Å²) in [5.74, 6) is 0.733. The van der Waals surface area contributed by atoms with Gasteiger partial charge < -0.3 is 10.6 Å². The monoisotopic (exact) mass is 183 g/mol. The molecule has 3 heteroatoms. The van der Waals surface area contributed by atoms with Gasteiger partial charge in [-0.05, 0) is 26.7 Å². The van der Waals surface area contributed by atoms with Crippen LogP contribution in [-0.2, 0) is 0 Å². The van der Waals surface area contributed by atoms with Crippen molar-refractivity contribution in [1.82, 2.24) is 4.90 Å². The quantitative estimate of drug-likeness (QED) is 0.533. The summed E-state index contributed by atoms with van der Waals surface area (Å²) in [6.45, 7) is 5.95. The topological polar surface area (TPSA) is 41.6 Å². The Labute approximate surface area is 81.0 Å².